The Balaban J connectivity index is 3.09. The maximum atomic E-state index is 13.3. The van der Waals surface area contributed by atoms with E-state index in [1.165, 1.54) is 0 Å². The van der Waals surface area contributed by atoms with Gasteiger partial charge in [0.1, 0.15) is 17.4 Å². The van der Waals surface area contributed by atoms with E-state index in [-0.39, 0.29) is 24.3 Å². The molecule has 1 atom stereocenters. The van der Waals surface area contributed by atoms with Crippen molar-refractivity contribution < 1.29 is 27.8 Å². The highest BCUT2D eigenvalue weighted by atomic mass is 19.3. The SMILES string of the molecule is CCOC(=O)C(=N)C1=C(N)CC(C(F)F)N(C(=O)OC(C)(C)C)C1. The van der Waals surface area contributed by atoms with Gasteiger partial charge in [0.05, 0.1) is 13.2 Å². The average Bonchev–Trinajstić information content (AvgIpc) is 2.44. The van der Waals surface area contributed by atoms with Crippen LogP contribution in [0.2, 0.25) is 0 Å². The molecule has 24 heavy (non-hydrogen) atoms. The Morgan fingerprint density at radius 2 is 2.00 bits per heavy atom. The van der Waals surface area contributed by atoms with Crippen LogP contribution in [-0.4, -0.2) is 53.9 Å². The van der Waals surface area contributed by atoms with Gasteiger partial charge in [0, 0.05) is 17.7 Å². The molecular weight excluding hydrogens is 324 g/mol. The van der Waals surface area contributed by atoms with Crippen molar-refractivity contribution in [1.29, 1.82) is 5.41 Å². The monoisotopic (exact) mass is 347 g/mol. The Morgan fingerprint density at radius 1 is 1.42 bits per heavy atom. The van der Waals surface area contributed by atoms with Gasteiger partial charge in [-0.3, -0.25) is 10.3 Å². The number of rotatable bonds is 4. The highest BCUT2D eigenvalue weighted by Gasteiger charge is 2.40. The van der Waals surface area contributed by atoms with Crippen LogP contribution in [0.3, 0.4) is 0 Å². The van der Waals surface area contributed by atoms with Gasteiger partial charge in [-0.15, -0.1) is 0 Å². The predicted octanol–water partition coefficient (Wildman–Crippen LogP) is 2.06. The molecule has 136 valence electrons. The zero-order valence-corrected chi connectivity index (χ0v) is 14.2. The van der Waals surface area contributed by atoms with Crippen molar-refractivity contribution in [2.75, 3.05) is 13.2 Å². The molecule has 0 aromatic carbocycles. The summed E-state index contributed by atoms with van der Waals surface area (Å²) >= 11 is 0. The summed E-state index contributed by atoms with van der Waals surface area (Å²) in [6, 6.07) is -1.47. The molecule has 1 unspecified atom stereocenters. The van der Waals surface area contributed by atoms with Crippen LogP contribution in [0.15, 0.2) is 11.3 Å². The van der Waals surface area contributed by atoms with Crippen molar-refractivity contribution >= 4 is 17.8 Å². The van der Waals surface area contributed by atoms with E-state index in [2.05, 4.69) is 0 Å². The molecule has 0 aromatic heterocycles. The van der Waals surface area contributed by atoms with E-state index in [4.69, 9.17) is 20.6 Å². The predicted molar refractivity (Wildman–Crippen MR) is 82.9 cm³/mol. The van der Waals surface area contributed by atoms with Crippen molar-refractivity contribution in [2.24, 2.45) is 5.73 Å². The number of carbonyl (C=O) groups excluding carboxylic acids is 2. The average molecular weight is 347 g/mol. The first-order valence-corrected chi connectivity index (χ1v) is 7.49. The van der Waals surface area contributed by atoms with Gasteiger partial charge < -0.3 is 15.2 Å². The standard InChI is InChI=1S/C15H23F2N3O4/c1-5-23-13(21)11(19)8-7-20(14(22)24-15(2,3)4)10(12(16)17)6-9(8)18/h10,12,19H,5-7,18H2,1-4H3. The molecular formula is C15H23F2N3O4. The van der Waals surface area contributed by atoms with Gasteiger partial charge in [0.25, 0.3) is 6.43 Å². The number of nitrogens with one attached hydrogen (secondary N) is 1. The molecule has 9 heteroatoms. The lowest BCUT2D eigenvalue weighted by atomic mass is 9.96. The maximum Gasteiger partial charge on any atom is 0.411 e. The zero-order chi connectivity index (χ0) is 18.7. The third-order valence-electron chi connectivity index (χ3n) is 3.25. The largest absolute Gasteiger partial charge is 0.461 e. The second kappa shape index (κ2) is 7.59. The fourth-order valence-electron chi connectivity index (χ4n) is 2.16. The minimum atomic E-state index is -2.84. The number of amides is 1. The van der Waals surface area contributed by atoms with Crippen LogP contribution in [0, 0.1) is 5.41 Å². The molecule has 0 saturated heterocycles. The summed E-state index contributed by atoms with van der Waals surface area (Å²) in [4.78, 5) is 24.7. The summed E-state index contributed by atoms with van der Waals surface area (Å²) in [6.07, 6.45) is -4.14. The van der Waals surface area contributed by atoms with Gasteiger partial charge in [0.15, 0.2) is 0 Å². The molecule has 0 saturated carbocycles. The van der Waals surface area contributed by atoms with Crippen LogP contribution >= 0.6 is 0 Å². The number of esters is 1. The highest BCUT2D eigenvalue weighted by Crippen LogP contribution is 2.27. The first-order valence-electron chi connectivity index (χ1n) is 7.49. The van der Waals surface area contributed by atoms with Crippen LogP contribution in [0.1, 0.15) is 34.1 Å². The number of halogens is 2. The van der Waals surface area contributed by atoms with E-state index in [0.717, 1.165) is 4.90 Å². The van der Waals surface area contributed by atoms with E-state index in [0.29, 0.717) is 0 Å². The molecule has 7 nitrogen and oxygen atoms in total. The van der Waals surface area contributed by atoms with Gasteiger partial charge in [-0.2, -0.15) is 0 Å². The lowest BCUT2D eigenvalue weighted by Gasteiger charge is -2.37. The molecule has 1 amide bonds. The molecule has 1 aliphatic rings. The van der Waals surface area contributed by atoms with Crippen molar-refractivity contribution in [2.45, 2.75) is 52.2 Å². The Bertz CT molecular complexity index is 555. The number of nitrogens with two attached hydrogens (primary N) is 1. The Kier molecular flexibility index (Phi) is 6.28. The van der Waals surface area contributed by atoms with Crippen LogP contribution in [0.4, 0.5) is 13.6 Å². The van der Waals surface area contributed by atoms with Crippen molar-refractivity contribution in [1.82, 2.24) is 4.90 Å². The highest BCUT2D eigenvalue weighted by molar-refractivity contribution is 6.42. The Labute approximate surface area is 139 Å². The minimum absolute atomic E-state index is 0.00351. The molecule has 3 N–H and O–H groups in total. The number of carbonyl (C=O) groups is 2. The second-order valence-corrected chi connectivity index (χ2v) is 6.31. The molecule has 1 aliphatic heterocycles. The molecule has 0 fully saturated rings. The summed E-state index contributed by atoms with van der Waals surface area (Å²) in [6.45, 7) is 6.05. The van der Waals surface area contributed by atoms with Crippen LogP contribution < -0.4 is 5.73 Å². The maximum absolute atomic E-state index is 13.3. The van der Waals surface area contributed by atoms with Crippen molar-refractivity contribution in [3.63, 3.8) is 0 Å². The Morgan fingerprint density at radius 3 is 2.46 bits per heavy atom. The zero-order valence-electron chi connectivity index (χ0n) is 14.2. The first kappa shape index (κ1) is 19.9. The third-order valence-corrected chi connectivity index (χ3v) is 3.25. The van der Waals surface area contributed by atoms with Crippen molar-refractivity contribution in [3.05, 3.63) is 11.3 Å². The summed E-state index contributed by atoms with van der Waals surface area (Å²) < 4.78 is 36.4. The minimum Gasteiger partial charge on any atom is -0.461 e. The third kappa shape index (κ3) is 4.90. The fraction of sp³-hybridized carbons (Fsp3) is 0.667. The Hall–Kier alpha value is -2.19. The number of nitrogens with zero attached hydrogens (tertiary/aromatic N) is 1. The molecule has 0 spiro atoms. The first-order chi connectivity index (χ1) is 11.0. The number of alkyl halides is 2. The van der Waals surface area contributed by atoms with E-state index >= 15 is 0 Å². The van der Waals surface area contributed by atoms with Crippen LogP contribution in [0.5, 0.6) is 0 Å². The lowest BCUT2D eigenvalue weighted by molar-refractivity contribution is -0.135. The normalized spacial score (nSPS) is 18.6. The van der Waals surface area contributed by atoms with Crippen LogP contribution in [-0.2, 0) is 14.3 Å². The van der Waals surface area contributed by atoms with Gasteiger partial charge in [0.2, 0.25) is 0 Å². The molecule has 0 bridgehead atoms. The lowest BCUT2D eigenvalue weighted by Crippen LogP contribution is -2.52. The van der Waals surface area contributed by atoms with Crippen LogP contribution in [0.25, 0.3) is 0 Å². The number of ether oxygens (including phenoxy) is 2. The number of hydrogen-bond donors (Lipinski definition) is 2. The summed E-state index contributed by atoms with van der Waals surface area (Å²) in [7, 11) is 0. The van der Waals surface area contributed by atoms with Gasteiger partial charge >= 0.3 is 12.1 Å². The second-order valence-electron chi connectivity index (χ2n) is 6.31. The molecule has 0 aromatic rings. The molecule has 1 rings (SSSR count). The summed E-state index contributed by atoms with van der Waals surface area (Å²) in [5.41, 5.74) is 4.30. The van der Waals surface area contributed by atoms with E-state index in [1.807, 2.05) is 0 Å². The topological polar surface area (TPSA) is 106 Å². The fourth-order valence-corrected chi connectivity index (χ4v) is 2.16. The van der Waals surface area contributed by atoms with E-state index < -0.39 is 42.4 Å². The quantitative estimate of drug-likeness (QED) is 0.598. The molecule has 0 radical (unpaired) electrons. The van der Waals surface area contributed by atoms with Gasteiger partial charge in [-0.05, 0) is 27.7 Å². The number of hydrogen-bond acceptors (Lipinski definition) is 6. The smallest absolute Gasteiger partial charge is 0.411 e. The van der Waals surface area contributed by atoms with E-state index in [1.54, 1.807) is 27.7 Å². The molecule has 0 aliphatic carbocycles. The van der Waals surface area contributed by atoms with Gasteiger partial charge in [-0.1, -0.05) is 0 Å². The summed E-state index contributed by atoms with van der Waals surface area (Å²) in [5.74, 6) is -0.921. The van der Waals surface area contributed by atoms with E-state index in [9.17, 15) is 18.4 Å². The molecule has 1 heterocycles. The summed E-state index contributed by atoms with van der Waals surface area (Å²) in [5, 5.41) is 7.83. The van der Waals surface area contributed by atoms with Crippen molar-refractivity contribution in [3.8, 4) is 0 Å². The van der Waals surface area contributed by atoms with Gasteiger partial charge in [-0.25, -0.2) is 18.4 Å².